The summed E-state index contributed by atoms with van der Waals surface area (Å²) in [5.41, 5.74) is 1.45. The molecule has 0 atom stereocenters. The van der Waals surface area contributed by atoms with Gasteiger partial charge in [0.25, 0.3) is 11.8 Å². The highest BCUT2D eigenvalue weighted by atomic mass is 35.5. The molecule has 0 unspecified atom stereocenters. The van der Waals surface area contributed by atoms with E-state index in [0.717, 1.165) is 4.90 Å². The van der Waals surface area contributed by atoms with E-state index in [-0.39, 0.29) is 5.70 Å². The average Bonchev–Trinajstić information content (AvgIpc) is 3.34. The maximum atomic E-state index is 13.3. The Morgan fingerprint density at radius 3 is 2.27 bits per heavy atom. The number of carbonyl (C=O) groups excluding carboxylic acids is 2. The van der Waals surface area contributed by atoms with Crippen molar-refractivity contribution in [3.05, 3.63) is 75.6 Å². The number of hydrogen-bond donors (Lipinski definition) is 1. The standard InChI is InChI=1S/C22H17ClN2O4S/c1-28-16-10-14(11-17(12-16)29-2)24-20-19(18-7-4-8-30-18)21(26)25(22(20)27)15-6-3-5-13(23)9-15/h3-12,24H,1-2H3. The molecule has 2 heterocycles. The van der Waals surface area contributed by atoms with Crippen molar-refractivity contribution in [1.82, 2.24) is 0 Å². The number of imide groups is 1. The third-order valence-electron chi connectivity index (χ3n) is 4.54. The van der Waals surface area contributed by atoms with Crippen molar-refractivity contribution < 1.29 is 19.1 Å². The molecule has 0 aliphatic carbocycles. The highest BCUT2D eigenvalue weighted by molar-refractivity contribution is 7.11. The van der Waals surface area contributed by atoms with Gasteiger partial charge in [0.15, 0.2) is 0 Å². The number of halogens is 1. The summed E-state index contributed by atoms with van der Waals surface area (Å²) in [6, 6.07) is 15.4. The number of nitrogens with one attached hydrogen (secondary N) is 1. The summed E-state index contributed by atoms with van der Waals surface area (Å²) in [5, 5.41) is 5.39. The van der Waals surface area contributed by atoms with E-state index in [1.807, 2.05) is 11.4 Å². The molecule has 1 aliphatic rings. The molecule has 0 radical (unpaired) electrons. The Labute approximate surface area is 182 Å². The van der Waals surface area contributed by atoms with Gasteiger partial charge in [-0.1, -0.05) is 23.7 Å². The fraction of sp³-hybridized carbons (Fsp3) is 0.0909. The maximum absolute atomic E-state index is 13.3. The zero-order valence-corrected chi connectivity index (χ0v) is 17.7. The third-order valence-corrected chi connectivity index (χ3v) is 5.66. The van der Waals surface area contributed by atoms with Gasteiger partial charge in [-0.15, -0.1) is 11.3 Å². The Morgan fingerprint density at radius 2 is 1.67 bits per heavy atom. The first-order valence-corrected chi connectivity index (χ1v) is 10.2. The molecule has 0 saturated carbocycles. The summed E-state index contributed by atoms with van der Waals surface area (Å²) in [4.78, 5) is 28.4. The lowest BCUT2D eigenvalue weighted by molar-refractivity contribution is -0.120. The van der Waals surface area contributed by atoms with Crippen LogP contribution in [0.4, 0.5) is 11.4 Å². The van der Waals surface area contributed by atoms with Gasteiger partial charge in [-0.25, -0.2) is 4.90 Å². The normalized spacial score (nSPS) is 13.8. The number of rotatable bonds is 6. The van der Waals surface area contributed by atoms with Crippen molar-refractivity contribution in [2.24, 2.45) is 0 Å². The van der Waals surface area contributed by atoms with Crippen molar-refractivity contribution in [2.75, 3.05) is 24.4 Å². The monoisotopic (exact) mass is 440 g/mol. The number of carbonyl (C=O) groups is 2. The van der Waals surface area contributed by atoms with Crippen LogP contribution in [-0.4, -0.2) is 26.0 Å². The molecule has 152 valence electrons. The predicted octanol–water partition coefficient (Wildman–Crippen LogP) is 4.82. The van der Waals surface area contributed by atoms with E-state index < -0.39 is 11.8 Å². The lowest BCUT2D eigenvalue weighted by atomic mass is 10.1. The Kier molecular flexibility index (Phi) is 5.48. The molecule has 0 saturated heterocycles. The zero-order valence-electron chi connectivity index (χ0n) is 16.1. The lowest BCUT2D eigenvalue weighted by Gasteiger charge is -2.16. The van der Waals surface area contributed by atoms with Gasteiger partial charge in [-0.2, -0.15) is 0 Å². The second-order valence-electron chi connectivity index (χ2n) is 6.38. The molecule has 1 N–H and O–H groups in total. The number of ether oxygens (including phenoxy) is 2. The van der Waals surface area contributed by atoms with Gasteiger partial charge < -0.3 is 14.8 Å². The van der Waals surface area contributed by atoms with Gasteiger partial charge in [0, 0.05) is 33.8 Å². The third kappa shape index (κ3) is 3.65. The van der Waals surface area contributed by atoms with E-state index in [1.165, 1.54) is 11.3 Å². The molecule has 0 fully saturated rings. The van der Waals surface area contributed by atoms with Crippen LogP contribution in [0.5, 0.6) is 11.5 Å². The van der Waals surface area contributed by atoms with Crippen molar-refractivity contribution in [1.29, 1.82) is 0 Å². The summed E-state index contributed by atoms with van der Waals surface area (Å²) in [6.45, 7) is 0. The maximum Gasteiger partial charge on any atom is 0.282 e. The largest absolute Gasteiger partial charge is 0.497 e. The number of hydrogen-bond acceptors (Lipinski definition) is 6. The summed E-state index contributed by atoms with van der Waals surface area (Å²) < 4.78 is 10.6. The van der Waals surface area contributed by atoms with Gasteiger partial charge in [0.2, 0.25) is 0 Å². The Hall–Kier alpha value is -3.29. The summed E-state index contributed by atoms with van der Waals surface area (Å²) in [5.74, 6) is 0.228. The first-order valence-electron chi connectivity index (χ1n) is 8.94. The molecule has 4 rings (SSSR count). The van der Waals surface area contributed by atoms with Gasteiger partial charge >= 0.3 is 0 Å². The molecule has 2 aromatic carbocycles. The molecule has 1 aliphatic heterocycles. The minimum Gasteiger partial charge on any atom is -0.497 e. The number of nitrogens with zero attached hydrogens (tertiary/aromatic N) is 1. The number of anilines is 2. The average molecular weight is 441 g/mol. The van der Waals surface area contributed by atoms with Crippen LogP contribution in [0, 0.1) is 0 Å². The highest BCUT2D eigenvalue weighted by Gasteiger charge is 2.40. The second-order valence-corrected chi connectivity index (χ2v) is 7.76. The van der Waals surface area contributed by atoms with E-state index in [1.54, 1.807) is 62.8 Å². The van der Waals surface area contributed by atoms with Crippen LogP contribution in [0.25, 0.3) is 5.57 Å². The van der Waals surface area contributed by atoms with Crippen LogP contribution in [-0.2, 0) is 9.59 Å². The topological polar surface area (TPSA) is 67.9 Å². The second kappa shape index (κ2) is 8.22. The molecular formula is C22H17ClN2O4S. The summed E-state index contributed by atoms with van der Waals surface area (Å²) >= 11 is 7.47. The zero-order chi connectivity index (χ0) is 21.3. The first kappa shape index (κ1) is 20.0. The molecule has 30 heavy (non-hydrogen) atoms. The Morgan fingerprint density at radius 1 is 0.933 bits per heavy atom. The van der Waals surface area contributed by atoms with Crippen molar-refractivity contribution in [3.63, 3.8) is 0 Å². The molecule has 1 aromatic heterocycles. The van der Waals surface area contributed by atoms with Gasteiger partial charge in [-0.3, -0.25) is 9.59 Å². The van der Waals surface area contributed by atoms with Crippen LogP contribution < -0.4 is 19.7 Å². The lowest BCUT2D eigenvalue weighted by Crippen LogP contribution is -2.32. The predicted molar refractivity (Wildman–Crippen MR) is 118 cm³/mol. The van der Waals surface area contributed by atoms with Crippen molar-refractivity contribution in [3.8, 4) is 11.5 Å². The van der Waals surface area contributed by atoms with E-state index in [9.17, 15) is 9.59 Å². The number of amides is 2. The molecule has 8 heteroatoms. The van der Waals surface area contributed by atoms with Gasteiger partial charge in [-0.05, 0) is 29.6 Å². The first-order chi connectivity index (χ1) is 14.5. The number of methoxy groups -OCH3 is 2. The highest BCUT2D eigenvalue weighted by Crippen LogP contribution is 2.37. The minimum absolute atomic E-state index is 0.178. The van der Waals surface area contributed by atoms with Crippen molar-refractivity contribution in [2.45, 2.75) is 0 Å². The molecule has 6 nitrogen and oxygen atoms in total. The number of thiophene rings is 1. The quantitative estimate of drug-likeness (QED) is 0.557. The van der Waals surface area contributed by atoms with E-state index in [4.69, 9.17) is 21.1 Å². The molecule has 0 bridgehead atoms. The number of benzene rings is 2. The SMILES string of the molecule is COc1cc(NC2=C(c3cccs3)C(=O)N(c3cccc(Cl)c3)C2=O)cc(OC)c1. The van der Waals surface area contributed by atoms with Gasteiger partial charge in [0.1, 0.15) is 17.2 Å². The van der Waals surface area contributed by atoms with E-state index >= 15 is 0 Å². The summed E-state index contributed by atoms with van der Waals surface area (Å²) in [6.07, 6.45) is 0. The minimum atomic E-state index is -0.465. The van der Waals surface area contributed by atoms with Crippen LogP contribution in [0.15, 0.2) is 65.7 Å². The molecular weight excluding hydrogens is 424 g/mol. The van der Waals surface area contributed by atoms with E-state index in [2.05, 4.69) is 5.32 Å². The molecule has 3 aromatic rings. The summed E-state index contributed by atoms with van der Waals surface area (Å²) in [7, 11) is 3.08. The fourth-order valence-corrected chi connectivity index (χ4v) is 4.12. The van der Waals surface area contributed by atoms with Crippen LogP contribution in [0.3, 0.4) is 0 Å². The van der Waals surface area contributed by atoms with Gasteiger partial charge in [0.05, 0.1) is 25.5 Å². The van der Waals surface area contributed by atoms with E-state index in [0.29, 0.717) is 38.3 Å². The Balaban J connectivity index is 1.80. The van der Waals surface area contributed by atoms with Crippen LogP contribution in [0.2, 0.25) is 5.02 Å². The molecule has 2 amide bonds. The van der Waals surface area contributed by atoms with Crippen LogP contribution >= 0.6 is 22.9 Å². The van der Waals surface area contributed by atoms with Crippen molar-refractivity contribution >= 4 is 51.7 Å². The smallest absolute Gasteiger partial charge is 0.282 e. The Bertz CT molecular complexity index is 1140. The van der Waals surface area contributed by atoms with Crippen LogP contribution in [0.1, 0.15) is 4.88 Å². The molecule has 0 spiro atoms. The fourth-order valence-electron chi connectivity index (χ4n) is 3.17.